The highest BCUT2D eigenvalue weighted by atomic mass is 32.1. The summed E-state index contributed by atoms with van der Waals surface area (Å²) in [6.07, 6.45) is 0. The van der Waals surface area contributed by atoms with Gasteiger partial charge in [0.15, 0.2) is 11.5 Å². The number of amides is 1. The van der Waals surface area contributed by atoms with Gasteiger partial charge in [0.25, 0.3) is 5.78 Å². The van der Waals surface area contributed by atoms with Crippen LogP contribution < -0.4 is 14.4 Å². The van der Waals surface area contributed by atoms with Gasteiger partial charge in [-0.3, -0.25) is 14.5 Å². The van der Waals surface area contributed by atoms with Gasteiger partial charge in [0.05, 0.1) is 11.6 Å². The number of anilines is 1. The van der Waals surface area contributed by atoms with E-state index < -0.39 is 17.7 Å². The second-order valence-corrected chi connectivity index (χ2v) is 8.70. The number of aryl methyl sites for hydroxylation is 2. The van der Waals surface area contributed by atoms with E-state index in [1.54, 1.807) is 25.1 Å². The number of carbonyl (C=O) groups is 2. The van der Waals surface area contributed by atoms with Crippen molar-refractivity contribution < 1.29 is 24.2 Å². The molecule has 5 rings (SSSR count). The van der Waals surface area contributed by atoms with Crippen LogP contribution in [0, 0.1) is 13.8 Å². The maximum absolute atomic E-state index is 13.1. The highest BCUT2D eigenvalue weighted by Crippen LogP contribution is 2.43. The summed E-state index contributed by atoms with van der Waals surface area (Å²) >= 11 is 1.21. The first kappa shape index (κ1) is 20.2. The van der Waals surface area contributed by atoms with Crippen LogP contribution in [0.1, 0.15) is 27.7 Å². The number of aromatic nitrogens is 2. The van der Waals surface area contributed by atoms with E-state index in [-0.39, 0.29) is 11.3 Å². The molecule has 3 heterocycles. The summed E-state index contributed by atoms with van der Waals surface area (Å²) in [5, 5.41) is 20.3. The first-order chi connectivity index (χ1) is 15.4. The Hall–Kier alpha value is -3.72. The quantitative estimate of drug-likeness (QED) is 0.371. The maximum atomic E-state index is 13.1. The summed E-state index contributed by atoms with van der Waals surface area (Å²) in [7, 11) is 0. The fourth-order valence-corrected chi connectivity index (χ4v) is 4.54. The lowest BCUT2D eigenvalue weighted by molar-refractivity contribution is -0.132. The summed E-state index contributed by atoms with van der Waals surface area (Å²) in [6.45, 7) is 4.55. The second kappa shape index (κ2) is 7.76. The van der Waals surface area contributed by atoms with Crippen LogP contribution in [0.15, 0.2) is 48.0 Å². The van der Waals surface area contributed by atoms with Gasteiger partial charge >= 0.3 is 5.91 Å². The first-order valence-corrected chi connectivity index (χ1v) is 10.8. The van der Waals surface area contributed by atoms with Crippen LogP contribution in [0.25, 0.3) is 5.76 Å². The van der Waals surface area contributed by atoms with Gasteiger partial charge in [-0.2, -0.15) is 0 Å². The van der Waals surface area contributed by atoms with Crippen LogP contribution in [0.5, 0.6) is 11.5 Å². The van der Waals surface area contributed by atoms with E-state index in [1.807, 2.05) is 31.2 Å². The van der Waals surface area contributed by atoms with E-state index in [2.05, 4.69) is 10.2 Å². The molecule has 0 bridgehead atoms. The molecule has 2 aliphatic rings. The standard InChI is InChI=1S/C23H19N3O5S/c1-12-3-5-14(6-4-12)19-18(21(28)22(29)26(19)23-25-24-13(2)32-23)20(27)15-7-8-16-17(11-15)31-10-9-30-16/h3-8,11,19,27H,9-10H2,1-2H3. The third-order valence-corrected chi connectivity index (χ3v) is 6.21. The van der Waals surface area contributed by atoms with Crippen molar-refractivity contribution in [2.45, 2.75) is 19.9 Å². The minimum atomic E-state index is -0.837. The Morgan fingerprint density at radius 3 is 2.44 bits per heavy atom. The molecule has 9 heteroatoms. The third kappa shape index (κ3) is 3.31. The monoisotopic (exact) mass is 449 g/mol. The zero-order valence-corrected chi connectivity index (χ0v) is 18.2. The predicted octanol–water partition coefficient (Wildman–Crippen LogP) is 3.55. The molecule has 2 aliphatic heterocycles. The second-order valence-electron chi connectivity index (χ2n) is 7.54. The molecule has 162 valence electrons. The largest absolute Gasteiger partial charge is 0.507 e. The van der Waals surface area contributed by atoms with E-state index in [0.29, 0.717) is 46.0 Å². The number of benzene rings is 2. The molecule has 1 saturated heterocycles. The number of hydrogen-bond acceptors (Lipinski definition) is 8. The summed E-state index contributed by atoms with van der Waals surface area (Å²) in [5.74, 6) is -0.787. The van der Waals surface area contributed by atoms with Gasteiger partial charge in [0.2, 0.25) is 5.13 Å². The van der Waals surface area contributed by atoms with Crippen molar-refractivity contribution in [1.82, 2.24) is 10.2 Å². The lowest BCUT2D eigenvalue weighted by Gasteiger charge is -2.23. The fraction of sp³-hybridized carbons (Fsp3) is 0.217. The van der Waals surface area contributed by atoms with Crippen molar-refractivity contribution in [1.29, 1.82) is 0 Å². The van der Waals surface area contributed by atoms with Gasteiger partial charge in [-0.25, -0.2) is 0 Å². The molecule has 2 aromatic carbocycles. The minimum Gasteiger partial charge on any atom is -0.507 e. The average Bonchev–Trinajstić information content (AvgIpc) is 3.34. The predicted molar refractivity (Wildman–Crippen MR) is 118 cm³/mol. The fourth-order valence-electron chi connectivity index (χ4n) is 3.82. The number of nitrogens with zero attached hydrogens (tertiary/aromatic N) is 3. The lowest BCUT2D eigenvalue weighted by Crippen LogP contribution is -2.29. The van der Waals surface area contributed by atoms with Crippen molar-refractivity contribution in [3.05, 3.63) is 69.7 Å². The zero-order valence-electron chi connectivity index (χ0n) is 17.4. The summed E-state index contributed by atoms with van der Waals surface area (Å²) < 4.78 is 11.1. The molecule has 8 nitrogen and oxygen atoms in total. The topological polar surface area (TPSA) is 102 Å². The number of ketones is 1. The van der Waals surface area contributed by atoms with Crippen LogP contribution in [-0.4, -0.2) is 40.2 Å². The summed E-state index contributed by atoms with van der Waals surface area (Å²) in [6, 6.07) is 11.5. The van der Waals surface area contributed by atoms with Gasteiger partial charge in [-0.05, 0) is 37.6 Å². The number of fused-ring (bicyclic) bond motifs is 1. The highest BCUT2D eigenvalue weighted by Gasteiger charge is 2.48. The molecule has 32 heavy (non-hydrogen) atoms. The third-order valence-electron chi connectivity index (χ3n) is 5.37. The van der Waals surface area contributed by atoms with E-state index in [9.17, 15) is 14.7 Å². The van der Waals surface area contributed by atoms with Crippen LogP contribution in [0.2, 0.25) is 0 Å². The smallest absolute Gasteiger partial charge is 0.301 e. The number of hydrogen-bond donors (Lipinski definition) is 1. The Labute approximate surface area is 187 Å². The minimum absolute atomic E-state index is 0.0108. The number of rotatable bonds is 3. The Balaban J connectivity index is 1.69. The molecule has 1 amide bonds. The van der Waals surface area contributed by atoms with Gasteiger partial charge in [-0.15, -0.1) is 10.2 Å². The Kier molecular flexibility index (Phi) is 4.90. The highest BCUT2D eigenvalue weighted by molar-refractivity contribution is 7.15. The normalized spacial score (nSPS) is 19.4. The molecule has 1 unspecified atom stereocenters. The van der Waals surface area contributed by atoms with Crippen molar-refractivity contribution in [2.24, 2.45) is 0 Å². The van der Waals surface area contributed by atoms with Gasteiger partial charge in [0, 0.05) is 5.56 Å². The Morgan fingerprint density at radius 2 is 1.75 bits per heavy atom. The Morgan fingerprint density at radius 1 is 1.03 bits per heavy atom. The molecule has 1 aromatic heterocycles. The van der Waals surface area contributed by atoms with E-state index in [0.717, 1.165) is 5.56 Å². The van der Waals surface area contributed by atoms with Crippen LogP contribution in [0.3, 0.4) is 0 Å². The average molecular weight is 449 g/mol. The van der Waals surface area contributed by atoms with Crippen LogP contribution in [-0.2, 0) is 9.59 Å². The Bertz CT molecular complexity index is 1260. The van der Waals surface area contributed by atoms with Crippen LogP contribution >= 0.6 is 11.3 Å². The molecule has 0 saturated carbocycles. The van der Waals surface area contributed by atoms with Crippen molar-refractivity contribution in [3.8, 4) is 11.5 Å². The van der Waals surface area contributed by atoms with Crippen molar-refractivity contribution in [2.75, 3.05) is 18.1 Å². The molecule has 1 fully saturated rings. The summed E-state index contributed by atoms with van der Waals surface area (Å²) in [4.78, 5) is 27.5. The van der Waals surface area contributed by atoms with E-state index >= 15 is 0 Å². The van der Waals surface area contributed by atoms with Crippen molar-refractivity contribution >= 4 is 33.9 Å². The molecule has 0 spiro atoms. The maximum Gasteiger partial charge on any atom is 0.301 e. The molecule has 1 N–H and O–H groups in total. The number of aliphatic hydroxyl groups is 1. The molecule has 1 atom stereocenters. The number of Topliss-reactive ketones (excluding diaryl/α,β-unsaturated/α-hetero) is 1. The number of ether oxygens (including phenoxy) is 2. The van der Waals surface area contributed by atoms with Crippen LogP contribution in [0.4, 0.5) is 5.13 Å². The van der Waals surface area contributed by atoms with Gasteiger partial charge in [0.1, 0.15) is 24.0 Å². The SMILES string of the molecule is Cc1ccc(C2C(=C(O)c3ccc4c(c3)OCCO4)C(=O)C(=O)N2c2nnc(C)s2)cc1. The van der Waals surface area contributed by atoms with E-state index in [4.69, 9.17) is 9.47 Å². The number of aliphatic hydroxyl groups excluding tert-OH is 1. The number of carbonyl (C=O) groups excluding carboxylic acids is 2. The van der Waals surface area contributed by atoms with Gasteiger partial charge in [-0.1, -0.05) is 41.2 Å². The molecular weight excluding hydrogens is 430 g/mol. The lowest BCUT2D eigenvalue weighted by atomic mass is 9.94. The zero-order chi connectivity index (χ0) is 22.4. The summed E-state index contributed by atoms with van der Waals surface area (Å²) in [5.41, 5.74) is 2.06. The molecular formula is C23H19N3O5S. The van der Waals surface area contributed by atoms with Crippen molar-refractivity contribution in [3.63, 3.8) is 0 Å². The molecule has 0 radical (unpaired) electrons. The molecule has 0 aliphatic carbocycles. The first-order valence-electron chi connectivity index (χ1n) is 10.0. The van der Waals surface area contributed by atoms with Gasteiger partial charge < -0.3 is 14.6 Å². The molecule has 3 aromatic rings. The van der Waals surface area contributed by atoms with E-state index in [1.165, 1.54) is 16.2 Å².